The van der Waals surface area contributed by atoms with E-state index >= 15 is 0 Å². The van der Waals surface area contributed by atoms with E-state index in [1.807, 2.05) is 30.3 Å². The third-order valence-electron chi connectivity index (χ3n) is 1.96. The van der Waals surface area contributed by atoms with E-state index in [0.717, 1.165) is 16.5 Å². The van der Waals surface area contributed by atoms with Crippen molar-refractivity contribution < 1.29 is 5.41 Å². The van der Waals surface area contributed by atoms with E-state index in [0.29, 0.717) is 5.84 Å². The van der Waals surface area contributed by atoms with Gasteiger partial charge in [-0.1, -0.05) is 18.2 Å². The van der Waals surface area contributed by atoms with Crippen molar-refractivity contribution in [1.29, 1.82) is 0 Å². The summed E-state index contributed by atoms with van der Waals surface area (Å²) in [6.07, 6.45) is 1.71. The monoisotopic (exact) mass is 172 g/mol. The average molecular weight is 172 g/mol. The molecule has 0 saturated heterocycles. The molecule has 0 atom stereocenters. The summed E-state index contributed by atoms with van der Waals surface area (Å²) in [5.41, 5.74) is 7.31. The number of nitrogens with two attached hydrogens (primary N) is 2. The highest BCUT2D eigenvalue weighted by Gasteiger charge is 2.06. The van der Waals surface area contributed by atoms with Gasteiger partial charge >= 0.3 is 0 Å². The summed E-state index contributed by atoms with van der Waals surface area (Å²) in [4.78, 5) is 4.20. The maximum Gasteiger partial charge on any atom is 0.271 e. The Labute approximate surface area is 75.7 Å². The zero-order chi connectivity index (χ0) is 9.26. The van der Waals surface area contributed by atoms with E-state index in [1.165, 1.54) is 0 Å². The summed E-state index contributed by atoms with van der Waals surface area (Å²) in [5.74, 6) is 0.332. The van der Waals surface area contributed by atoms with Gasteiger partial charge < -0.3 is 0 Å². The lowest BCUT2D eigenvalue weighted by molar-refractivity contribution is -0.114. The van der Waals surface area contributed by atoms with Crippen LogP contribution < -0.4 is 11.1 Å². The van der Waals surface area contributed by atoms with E-state index < -0.39 is 0 Å². The predicted molar refractivity (Wildman–Crippen MR) is 52.0 cm³/mol. The number of aromatic nitrogens is 1. The fraction of sp³-hybridized carbons (Fsp3) is 0. The minimum Gasteiger partial charge on any atom is -0.287 e. The van der Waals surface area contributed by atoms with Gasteiger partial charge in [-0.2, -0.15) is 0 Å². The van der Waals surface area contributed by atoms with Gasteiger partial charge in [0.1, 0.15) is 0 Å². The second-order valence-corrected chi connectivity index (χ2v) is 2.83. The number of hydrogen-bond acceptors (Lipinski definition) is 1. The number of hydrogen-bond donors (Lipinski definition) is 2. The van der Waals surface area contributed by atoms with Crippen molar-refractivity contribution in [3.05, 3.63) is 42.1 Å². The second kappa shape index (κ2) is 2.86. The Balaban J connectivity index is 2.83. The van der Waals surface area contributed by atoms with Gasteiger partial charge in [0, 0.05) is 11.6 Å². The molecular formula is C10H10N3+. The van der Waals surface area contributed by atoms with Crippen LogP contribution in [0.3, 0.4) is 0 Å². The molecule has 0 amide bonds. The molecule has 2 aromatic rings. The Kier molecular flexibility index (Phi) is 1.70. The number of fused-ring (bicyclic) bond motifs is 1. The molecule has 0 radical (unpaired) electrons. The third kappa shape index (κ3) is 1.24. The molecule has 4 N–H and O–H groups in total. The Hall–Kier alpha value is -1.90. The molecule has 0 aliphatic heterocycles. The summed E-state index contributed by atoms with van der Waals surface area (Å²) in [5, 5.41) is 6.54. The van der Waals surface area contributed by atoms with Gasteiger partial charge in [-0.05, 0) is 12.1 Å². The number of benzene rings is 1. The van der Waals surface area contributed by atoms with Crippen molar-refractivity contribution >= 4 is 16.7 Å². The van der Waals surface area contributed by atoms with Gasteiger partial charge in [0.15, 0.2) is 0 Å². The molecule has 1 aromatic carbocycles. The molecular weight excluding hydrogens is 162 g/mol. The molecule has 0 unspecified atom stereocenters. The number of pyridine rings is 1. The van der Waals surface area contributed by atoms with Crippen LogP contribution in [-0.2, 0) is 0 Å². The van der Waals surface area contributed by atoms with Gasteiger partial charge in [-0.3, -0.25) is 16.1 Å². The van der Waals surface area contributed by atoms with E-state index in [-0.39, 0.29) is 0 Å². The highest BCUT2D eigenvalue weighted by Crippen LogP contribution is 2.14. The summed E-state index contributed by atoms with van der Waals surface area (Å²) < 4.78 is 0. The van der Waals surface area contributed by atoms with Crippen LogP contribution in [-0.4, -0.2) is 10.8 Å². The first-order chi connectivity index (χ1) is 6.29. The largest absolute Gasteiger partial charge is 0.287 e. The standard InChI is InChI=1S/C10H9N3/c11-10(12)8-5-6-13-9-4-2-1-3-7(8)9/h1-6H,(H3,11,12)/p+1. The first kappa shape index (κ1) is 7.73. The van der Waals surface area contributed by atoms with Crippen LogP contribution >= 0.6 is 0 Å². The maximum absolute atomic E-state index is 5.55. The summed E-state index contributed by atoms with van der Waals surface area (Å²) >= 11 is 0. The first-order valence-electron chi connectivity index (χ1n) is 4.01. The van der Waals surface area contributed by atoms with Crippen molar-refractivity contribution in [2.45, 2.75) is 0 Å². The van der Waals surface area contributed by atoms with Crippen LogP contribution in [0.5, 0.6) is 0 Å². The van der Waals surface area contributed by atoms with Gasteiger partial charge in [-0.15, -0.1) is 0 Å². The summed E-state index contributed by atoms with van der Waals surface area (Å²) in [6, 6.07) is 9.58. The summed E-state index contributed by atoms with van der Waals surface area (Å²) in [7, 11) is 0. The van der Waals surface area contributed by atoms with E-state index in [4.69, 9.17) is 11.1 Å². The Morgan fingerprint density at radius 2 is 2.00 bits per heavy atom. The van der Waals surface area contributed by atoms with Gasteiger partial charge in [0.05, 0.1) is 11.1 Å². The molecule has 3 nitrogen and oxygen atoms in total. The van der Waals surface area contributed by atoms with Crippen molar-refractivity contribution in [1.82, 2.24) is 4.98 Å². The molecule has 0 saturated carbocycles. The average Bonchev–Trinajstić information content (AvgIpc) is 2.17. The quantitative estimate of drug-likeness (QED) is 0.458. The van der Waals surface area contributed by atoms with Crippen molar-refractivity contribution in [3.63, 3.8) is 0 Å². The topological polar surface area (TPSA) is 64.5 Å². The maximum atomic E-state index is 5.55. The van der Waals surface area contributed by atoms with Gasteiger partial charge in [0.2, 0.25) is 0 Å². The SMILES string of the molecule is NC(=[NH2+])c1ccnc2ccccc12. The molecule has 1 aromatic heterocycles. The lowest BCUT2D eigenvalue weighted by Crippen LogP contribution is -2.46. The molecule has 0 bridgehead atoms. The molecule has 2 rings (SSSR count). The predicted octanol–water partition coefficient (Wildman–Crippen LogP) is -0.301. The summed E-state index contributed by atoms with van der Waals surface area (Å²) in [6.45, 7) is 0. The van der Waals surface area contributed by atoms with E-state index in [1.54, 1.807) is 6.20 Å². The van der Waals surface area contributed by atoms with Crippen LogP contribution in [0.25, 0.3) is 10.9 Å². The lowest BCUT2D eigenvalue weighted by atomic mass is 10.1. The smallest absolute Gasteiger partial charge is 0.271 e. The Morgan fingerprint density at radius 1 is 1.23 bits per heavy atom. The lowest BCUT2D eigenvalue weighted by Gasteiger charge is -1.99. The Morgan fingerprint density at radius 3 is 2.77 bits per heavy atom. The highest BCUT2D eigenvalue weighted by molar-refractivity contribution is 6.04. The van der Waals surface area contributed by atoms with E-state index in [9.17, 15) is 0 Å². The van der Waals surface area contributed by atoms with Crippen molar-refractivity contribution in [2.75, 3.05) is 0 Å². The molecule has 1 heterocycles. The van der Waals surface area contributed by atoms with E-state index in [2.05, 4.69) is 4.98 Å². The normalized spacial score (nSPS) is 10.2. The van der Waals surface area contributed by atoms with Crippen molar-refractivity contribution in [2.24, 2.45) is 5.73 Å². The number of amidine groups is 1. The fourth-order valence-electron chi connectivity index (χ4n) is 1.35. The number of rotatable bonds is 1. The fourth-order valence-corrected chi connectivity index (χ4v) is 1.35. The van der Waals surface area contributed by atoms with Crippen molar-refractivity contribution in [3.8, 4) is 0 Å². The molecule has 0 fully saturated rings. The second-order valence-electron chi connectivity index (χ2n) is 2.83. The Bertz CT molecular complexity index is 457. The molecule has 0 spiro atoms. The minimum atomic E-state index is 0.332. The third-order valence-corrected chi connectivity index (χ3v) is 1.96. The first-order valence-corrected chi connectivity index (χ1v) is 4.01. The minimum absolute atomic E-state index is 0.332. The zero-order valence-corrected chi connectivity index (χ0v) is 7.07. The number of para-hydroxylation sites is 1. The van der Waals surface area contributed by atoms with Crippen LogP contribution in [0.1, 0.15) is 5.56 Å². The van der Waals surface area contributed by atoms with Crippen LogP contribution in [0, 0.1) is 0 Å². The van der Waals surface area contributed by atoms with Crippen LogP contribution in [0.15, 0.2) is 36.5 Å². The molecule has 3 heteroatoms. The van der Waals surface area contributed by atoms with Crippen LogP contribution in [0.4, 0.5) is 0 Å². The molecule has 0 aliphatic carbocycles. The van der Waals surface area contributed by atoms with Gasteiger partial charge in [0.25, 0.3) is 5.84 Å². The van der Waals surface area contributed by atoms with Crippen LogP contribution in [0.2, 0.25) is 0 Å². The molecule has 0 aliphatic rings. The molecule has 13 heavy (non-hydrogen) atoms. The number of nitrogens with zero attached hydrogens (tertiary/aromatic N) is 1. The highest BCUT2D eigenvalue weighted by atomic mass is 14.7. The molecule has 64 valence electrons. The van der Waals surface area contributed by atoms with Gasteiger partial charge in [-0.25, -0.2) is 0 Å². The zero-order valence-electron chi connectivity index (χ0n) is 7.07.